The minimum atomic E-state index is 0.333. The van der Waals surface area contributed by atoms with E-state index in [-0.39, 0.29) is 0 Å². The van der Waals surface area contributed by atoms with Gasteiger partial charge in [0.2, 0.25) is 0 Å². The molecule has 0 aromatic rings. The van der Waals surface area contributed by atoms with Gasteiger partial charge in [-0.1, -0.05) is 0 Å². The van der Waals surface area contributed by atoms with Crippen molar-refractivity contribution in [2.45, 2.75) is 12.2 Å². The molecule has 0 saturated carbocycles. The van der Waals surface area contributed by atoms with Crippen LogP contribution in [0.25, 0.3) is 0 Å². The molecule has 3 nitrogen and oxygen atoms in total. The van der Waals surface area contributed by atoms with Crippen LogP contribution in [0.15, 0.2) is 0 Å². The fourth-order valence-corrected chi connectivity index (χ4v) is 1.81. The van der Waals surface area contributed by atoms with Gasteiger partial charge in [0.15, 0.2) is 0 Å². The van der Waals surface area contributed by atoms with Crippen molar-refractivity contribution in [1.82, 2.24) is 5.32 Å². The molecule has 10 heavy (non-hydrogen) atoms. The Balaban J connectivity index is 2.01. The third-order valence-electron chi connectivity index (χ3n) is 2.46. The molecule has 0 bridgehead atoms. The Morgan fingerprint density at radius 3 is 3.20 bits per heavy atom. The van der Waals surface area contributed by atoms with Crippen molar-refractivity contribution in [3.63, 3.8) is 0 Å². The van der Waals surface area contributed by atoms with Crippen LogP contribution in [0.2, 0.25) is 0 Å². The molecule has 2 aliphatic rings. The van der Waals surface area contributed by atoms with E-state index in [1.165, 1.54) is 0 Å². The fourth-order valence-electron chi connectivity index (χ4n) is 1.81. The summed E-state index contributed by atoms with van der Waals surface area (Å²) >= 11 is 0. The summed E-state index contributed by atoms with van der Waals surface area (Å²) in [5.74, 6) is 0.602. The van der Waals surface area contributed by atoms with E-state index in [1.54, 1.807) is 7.11 Å². The van der Waals surface area contributed by atoms with Crippen LogP contribution in [0.3, 0.4) is 0 Å². The van der Waals surface area contributed by atoms with Crippen molar-refractivity contribution < 1.29 is 9.47 Å². The van der Waals surface area contributed by atoms with Crippen molar-refractivity contribution in [1.29, 1.82) is 0 Å². The zero-order valence-corrected chi connectivity index (χ0v) is 6.17. The van der Waals surface area contributed by atoms with Gasteiger partial charge in [0.25, 0.3) is 0 Å². The summed E-state index contributed by atoms with van der Waals surface area (Å²) < 4.78 is 10.8. The normalized spacial score (nSPS) is 45.9. The van der Waals surface area contributed by atoms with E-state index < -0.39 is 0 Å². The molecule has 0 spiro atoms. The van der Waals surface area contributed by atoms with Crippen molar-refractivity contribution in [3.05, 3.63) is 0 Å². The van der Waals surface area contributed by atoms with Crippen LogP contribution in [0.5, 0.6) is 0 Å². The predicted octanol–water partition coefficient (Wildman–Crippen LogP) is -0.380. The monoisotopic (exact) mass is 143 g/mol. The Morgan fingerprint density at radius 1 is 1.50 bits per heavy atom. The van der Waals surface area contributed by atoms with Crippen molar-refractivity contribution in [2.24, 2.45) is 5.92 Å². The van der Waals surface area contributed by atoms with Crippen LogP contribution < -0.4 is 5.32 Å². The van der Waals surface area contributed by atoms with E-state index >= 15 is 0 Å². The van der Waals surface area contributed by atoms with Gasteiger partial charge in [-0.05, 0) is 0 Å². The minimum absolute atomic E-state index is 0.333. The summed E-state index contributed by atoms with van der Waals surface area (Å²) in [5, 5.41) is 3.28. The molecule has 2 fully saturated rings. The number of ether oxygens (including phenoxy) is 2. The SMILES string of the molecule is COC1COC2CNCC12. The largest absolute Gasteiger partial charge is 0.379 e. The first kappa shape index (κ1) is 6.58. The summed E-state index contributed by atoms with van der Waals surface area (Å²) in [6.45, 7) is 2.85. The third-order valence-corrected chi connectivity index (χ3v) is 2.46. The number of hydrogen-bond acceptors (Lipinski definition) is 3. The Bertz CT molecular complexity index is 129. The molecule has 58 valence electrons. The van der Waals surface area contributed by atoms with E-state index in [4.69, 9.17) is 9.47 Å². The maximum atomic E-state index is 5.49. The fraction of sp³-hybridized carbons (Fsp3) is 1.00. The van der Waals surface area contributed by atoms with E-state index in [0.29, 0.717) is 18.1 Å². The molecule has 1 N–H and O–H groups in total. The van der Waals surface area contributed by atoms with Crippen LogP contribution in [0, 0.1) is 5.92 Å². The maximum Gasteiger partial charge on any atom is 0.0870 e. The number of hydrogen-bond donors (Lipinski definition) is 1. The Hall–Kier alpha value is -0.120. The topological polar surface area (TPSA) is 30.5 Å². The van der Waals surface area contributed by atoms with E-state index in [0.717, 1.165) is 19.7 Å². The third kappa shape index (κ3) is 0.856. The average Bonchev–Trinajstić information content (AvgIpc) is 2.44. The van der Waals surface area contributed by atoms with Gasteiger partial charge in [-0.2, -0.15) is 0 Å². The highest BCUT2D eigenvalue weighted by Crippen LogP contribution is 2.25. The van der Waals surface area contributed by atoms with Crippen LogP contribution in [0.1, 0.15) is 0 Å². The Labute approximate surface area is 60.7 Å². The molecule has 0 aromatic carbocycles. The zero-order chi connectivity index (χ0) is 6.97. The van der Waals surface area contributed by atoms with E-state index in [1.807, 2.05) is 0 Å². The quantitative estimate of drug-likeness (QED) is 0.542. The predicted molar refractivity (Wildman–Crippen MR) is 36.9 cm³/mol. The molecular formula is C7H13NO2. The standard InChI is InChI=1S/C7H13NO2/c1-9-7-4-10-6-3-8-2-5(6)7/h5-8H,2-4H2,1H3. The second-order valence-corrected chi connectivity index (χ2v) is 2.97. The van der Waals surface area contributed by atoms with Gasteiger partial charge < -0.3 is 14.8 Å². The van der Waals surface area contributed by atoms with Crippen LogP contribution >= 0.6 is 0 Å². The second kappa shape index (κ2) is 2.49. The van der Waals surface area contributed by atoms with Gasteiger partial charge in [-0.25, -0.2) is 0 Å². The first-order valence-electron chi connectivity index (χ1n) is 3.77. The molecule has 2 aliphatic heterocycles. The van der Waals surface area contributed by atoms with Gasteiger partial charge >= 0.3 is 0 Å². The average molecular weight is 143 g/mol. The molecule has 0 aromatic heterocycles. The van der Waals surface area contributed by atoms with E-state index in [9.17, 15) is 0 Å². The van der Waals surface area contributed by atoms with E-state index in [2.05, 4.69) is 5.32 Å². The first-order chi connectivity index (χ1) is 4.92. The molecule has 0 radical (unpaired) electrons. The minimum Gasteiger partial charge on any atom is -0.379 e. The van der Waals surface area contributed by atoms with Crippen LogP contribution in [-0.4, -0.2) is 39.0 Å². The lowest BCUT2D eigenvalue weighted by molar-refractivity contribution is 0.0600. The summed E-state index contributed by atoms with van der Waals surface area (Å²) in [5.41, 5.74) is 0. The molecular weight excluding hydrogens is 130 g/mol. The summed E-state index contributed by atoms with van der Waals surface area (Å²) in [6.07, 6.45) is 0.755. The smallest absolute Gasteiger partial charge is 0.0870 e. The molecule has 3 heteroatoms. The summed E-state index contributed by atoms with van der Waals surface area (Å²) in [7, 11) is 1.76. The maximum absolute atomic E-state index is 5.49. The molecule has 2 heterocycles. The molecule has 0 aliphatic carbocycles. The van der Waals surface area contributed by atoms with Crippen molar-refractivity contribution in [2.75, 3.05) is 26.8 Å². The van der Waals surface area contributed by atoms with Crippen molar-refractivity contribution in [3.8, 4) is 0 Å². The van der Waals surface area contributed by atoms with Gasteiger partial charge in [0, 0.05) is 26.1 Å². The summed E-state index contributed by atoms with van der Waals surface area (Å²) in [4.78, 5) is 0. The Kier molecular flexibility index (Phi) is 1.64. The highest BCUT2D eigenvalue weighted by Gasteiger charge is 2.40. The Morgan fingerprint density at radius 2 is 2.40 bits per heavy atom. The van der Waals surface area contributed by atoms with Gasteiger partial charge in [-0.3, -0.25) is 0 Å². The van der Waals surface area contributed by atoms with Crippen LogP contribution in [-0.2, 0) is 9.47 Å². The van der Waals surface area contributed by atoms with Gasteiger partial charge in [-0.15, -0.1) is 0 Å². The summed E-state index contributed by atoms with van der Waals surface area (Å²) in [6, 6.07) is 0. The molecule has 3 unspecified atom stereocenters. The molecule has 0 amide bonds. The van der Waals surface area contributed by atoms with Gasteiger partial charge in [0.1, 0.15) is 0 Å². The van der Waals surface area contributed by atoms with Gasteiger partial charge in [0.05, 0.1) is 18.8 Å². The van der Waals surface area contributed by atoms with Crippen LogP contribution in [0.4, 0.5) is 0 Å². The molecule has 2 rings (SSSR count). The first-order valence-corrected chi connectivity index (χ1v) is 3.77. The lowest BCUT2D eigenvalue weighted by Crippen LogP contribution is -2.25. The number of nitrogens with one attached hydrogen (secondary N) is 1. The number of methoxy groups -OCH3 is 1. The molecule has 3 atom stereocenters. The lowest BCUT2D eigenvalue weighted by atomic mass is 10.0. The zero-order valence-electron chi connectivity index (χ0n) is 6.17. The van der Waals surface area contributed by atoms with Crippen molar-refractivity contribution >= 4 is 0 Å². The number of rotatable bonds is 1. The highest BCUT2D eigenvalue weighted by molar-refractivity contribution is 4.92. The molecule has 2 saturated heterocycles. The lowest BCUT2D eigenvalue weighted by Gasteiger charge is -2.12. The number of fused-ring (bicyclic) bond motifs is 1. The highest BCUT2D eigenvalue weighted by atomic mass is 16.5. The second-order valence-electron chi connectivity index (χ2n) is 2.97.